The van der Waals surface area contributed by atoms with Crippen LogP contribution < -0.4 is 5.73 Å². The molecule has 6 heteroatoms. The van der Waals surface area contributed by atoms with Crippen LogP contribution in [0.25, 0.3) is 0 Å². The van der Waals surface area contributed by atoms with Crippen molar-refractivity contribution in [3.63, 3.8) is 0 Å². The van der Waals surface area contributed by atoms with Gasteiger partial charge in [-0.25, -0.2) is 12.7 Å². The highest BCUT2D eigenvalue weighted by atomic mass is 32.2. The van der Waals surface area contributed by atoms with Crippen molar-refractivity contribution < 1.29 is 8.42 Å². The van der Waals surface area contributed by atoms with Gasteiger partial charge in [0.15, 0.2) is 0 Å². The van der Waals surface area contributed by atoms with E-state index in [9.17, 15) is 8.42 Å². The van der Waals surface area contributed by atoms with Crippen LogP contribution in [0.4, 0.5) is 0 Å². The van der Waals surface area contributed by atoms with Gasteiger partial charge >= 0.3 is 0 Å². The summed E-state index contributed by atoms with van der Waals surface area (Å²) in [5, 5.41) is -0.719. The monoisotopic (exact) mass is 278 g/mol. The molecular weight excluding hydrogens is 256 g/mol. The standard InChI is InChI=1S/C11H22N2O2S2/c1-3-10(11(12)16)17(14,15)13(2)8-9-6-4-5-7-9/h9-10H,3-8H2,1-2H3,(H2,12,16). The topological polar surface area (TPSA) is 63.4 Å². The van der Waals surface area contributed by atoms with E-state index >= 15 is 0 Å². The summed E-state index contributed by atoms with van der Waals surface area (Å²) in [4.78, 5) is 0.0748. The second-order valence-electron chi connectivity index (χ2n) is 4.78. The Balaban J connectivity index is 2.70. The summed E-state index contributed by atoms with van der Waals surface area (Å²) in [7, 11) is -1.74. The molecule has 0 bridgehead atoms. The Morgan fingerprint density at radius 2 is 2.00 bits per heavy atom. The molecule has 0 saturated heterocycles. The SMILES string of the molecule is CCC(C(N)=S)S(=O)(=O)N(C)CC1CCCC1. The van der Waals surface area contributed by atoms with Crippen LogP contribution in [0.1, 0.15) is 39.0 Å². The Morgan fingerprint density at radius 1 is 1.47 bits per heavy atom. The minimum absolute atomic E-state index is 0.0748. The number of nitrogens with zero attached hydrogens (tertiary/aromatic N) is 1. The molecule has 1 atom stereocenters. The third kappa shape index (κ3) is 3.63. The van der Waals surface area contributed by atoms with Crippen LogP contribution in [0.15, 0.2) is 0 Å². The molecule has 1 rings (SSSR count). The summed E-state index contributed by atoms with van der Waals surface area (Å²) in [6.07, 6.45) is 5.12. The molecule has 17 heavy (non-hydrogen) atoms. The van der Waals surface area contributed by atoms with Crippen molar-refractivity contribution in [1.29, 1.82) is 0 Å². The highest BCUT2D eigenvalue weighted by Gasteiger charge is 2.32. The van der Waals surface area contributed by atoms with E-state index in [1.165, 1.54) is 17.1 Å². The summed E-state index contributed by atoms with van der Waals surface area (Å²) in [5.41, 5.74) is 5.50. The third-order valence-corrected chi connectivity index (χ3v) is 6.23. The van der Waals surface area contributed by atoms with Gasteiger partial charge < -0.3 is 5.73 Å². The molecule has 0 heterocycles. The van der Waals surface area contributed by atoms with Crippen molar-refractivity contribution >= 4 is 27.2 Å². The fourth-order valence-corrected chi connectivity index (χ4v) is 4.54. The second kappa shape index (κ2) is 6.11. The van der Waals surface area contributed by atoms with Gasteiger partial charge in [0.05, 0.1) is 4.99 Å². The molecule has 4 nitrogen and oxygen atoms in total. The molecule has 1 aliphatic rings. The van der Waals surface area contributed by atoms with Crippen LogP contribution in [0.3, 0.4) is 0 Å². The average molecular weight is 278 g/mol. The first-order valence-corrected chi connectivity index (χ1v) is 8.05. The summed E-state index contributed by atoms with van der Waals surface area (Å²) in [6, 6.07) is 0. The van der Waals surface area contributed by atoms with Gasteiger partial charge in [-0.05, 0) is 25.2 Å². The number of sulfonamides is 1. The molecule has 1 aliphatic carbocycles. The Kier molecular flexibility index (Phi) is 5.34. The molecule has 0 spiro atoms. The highest BCUT2D eigenvalue weighted by Crippen LogP contribution is 2.26. The average Bonchev–Trinajstić information content (AvgIpc) is 2.70. The van der Waals surface area contributed by atoms with Crippen LogP contribution in [-0.2, 0) is 10.0 Å². The minimum atomic E-state index is -3.37. The Morgan fingerprint density at radius 3 is 2.41 bits per heavy atom. The number of hydrogen-bond donors (Lipinski definition) is 1. The van der Waals surface area contributed by atoms with E-state index in [-0.39, 0.29) is 4.99 Å². The van der Waals surface area contributed by atoms with E-state index in [0.29, 0.717) is 18.9 Å². The summed E-state index contributed by atoms with van der Waals surface area (Å²) in [6.45, 7) is 2.40. The summed E-state index contributed by atoms with van der Waals surface area (Å²) in [5.74, 6) is 0.499. The van der Waals surface area contributed by atoms with Crippen LogP contribution in [0.2, 0.25) is 0 Å². The van der Waals surface area contributed by atoms with E-state index < -0.39 is 15.3 Å². The molecule has 1 saturated carbocycles. The maximum Gasteiger partial charge on any atom is 0.223 e. The van der Waals surface area contributed by atoms with Gasteiger partial charge in [-0.15, -0.1) is 0 Å². The van der Waals surface area contributed by atoms with Gasteiger partial charge in [0.2, 0.25) is 10.0 Å². The molecule has 1 fully saturated rings. The lowest BCUT2D eigenvalue weighted by atomic mass is 10.1. The van der Waals surface area contributed by atoms with Gasteiger partial charge in [0.25, 0.3) is 0 Å². The van der Waals surface area contributed by atoms with Crippen LogP contribution in [0, 0.1) is 5.92 Å². The lowest BCUT2D eigenvalue weighted by molar-refractivity contribution is 0.385. The predicted octanol–water partition coefficient (Wildman–Crippen LogP) is 1.50. The van der Waals surface area contributed by atoms with E-state index in [2.05, 4.69) is 0 Å². The molecular formula is C11H22N2O2S2. The van der Waals surface area contributed by atoms with Crippen molar-refractivity contribution in [2.45, 2.75) is 44.3 Å². The van der Waals surface area contributed by atoms with E-state index in [0.717, 1.165) is 12.8 Å². The van der Waals surface area contributed by atoms with E-state index in [4.69, 9.17) is 18.0 Å². The van der Waals surface area contributed by atoms with E-state index in [1.54, 1.807) is 14.0 Å². The number of hydrogen-bond acceptors (Lipinski definition) is 3. The van der Waals surface area contributed by atoms with Gasteiger partial charge in [0.1, 0.15) is 5.25 Å². The molecule has 0 aromatic carbocycles. The summed E-state index contributed by atoms with van der Waals surface area (Å²) < 4.78 is 25.9. The summed E-state index contributed by atoms with van der Waals surface area (Å²) >= 11 is 4.84. The van der Waals surface area contributed by atoms with Crippen molar-refractivity contribution in [1.82, 2.24) is 4.31 Å². The first-order chi connectivity index (χ1) is 7.89. The normalized spacial score (nSPS) is 19.7. The number of nitrogens with two attached hydrogens (primary N) is 1. The Hall–Kier alpha value is -0.200. The molecule has 100 valence electrons. The molecule has 0 aliphatic heterocycles. The third-order valence-electron chi connectivity index (χ3n) is 3.47. The molecule has 2 N–H and O–H groups in total. The van der Waals surface area contributed by atoms with Gasteiger partial charge in [-0.3, -0.25) is 0 Å². The molecule has 1 unspecified atom stereocenters. The fourth-order valence-electron chi connectivity index (χ4n) is 2.44. The van der Waals surface area contributed by atoms with Crippen molar-refractivity contribution in [3.05, 3.63) is 0 Å². The van der Waals surface area contributed by atoms with Crippen LogP contribution >= 0.6 is 12.2 Å². The zero-order valence-electron chi connectivity index (χ0n) is 10.6. The maximum atomic E-state index is 12.2. The smallest absolute Gasteiger partial charge is 0.223 e. The second-order valence-corrected chi connectivity index (χ2v) is 7.47. The number of rotatable bonds is 6. The molecule has 0 aromatic heterocycles. The van der Waals surface area contributed by atoms with Crippen LogP contribution in [0.5, 0.6) is 0 Å². The van der Waals surface area contributed by atoms with Gasteiger partial charge in [0, 0.05) is 13.6 Å². The minimum Gasteiger partial charge on any atom is -0.392 e. The van der Waals surface area contributed by atoms with Crippen LogP contribution in [-0.4, -0.2) is 36.6 Å². The van der Waals surface area contributed by atoms with Crippen molar-refractivity contribution in [3.8, 4) is 0 Å². The fraction of sp³-hybridized carbons (Fsp3) is 0.909. The van der Waals surface area contributed by atoms with Crippen molar-refractivity contribution in [2.24, 2.45) is 11.7 Å². The number of thiocarbonyl (C=S) groups is 1. The maximum absolute atomic E-state index is 12.2. The first-order valence-electron chi connectivity index (χ1n) is 6.14. The molecule has 0 amide bonds. The van der Waals surface area contributed by atoms with E-state index in [1.807, 2.05) is 0 Å². The first kappa shape index (κ1) is 14.9. The Labute approximate surface area is 110 Å². The predicted molar refractivity (Wildman–Crippen MR) is 74.4 cm³/mol. The van der Waals surface area contributed by atoms with Gasteiger partial charge in [-0.2, -0.15) is 0 Å². The zero-order valence-corrected chi connectivity index (χ0v) is 12.2. The van der Waals surface area contributed by atoms with Gasteiger partial charge in [-0.1, -0.05) is 32.0 Å². The largest absolute Gasteiger partial charge is 0.392 e. The zero-order chi connectivity index (χ0) is 13.1. The quantitative estimate of drug-likeness (QED) is 0.748. The molecule has 0 radical (unpaired) electrons. The molecule has 0 aromatic rings. The lowest BCUT2D eigenvalue weighted by Crippen LogP contribution is -2.44. The lowest BCUT2D eigenvalue weighted by Gasteiger charge is -2.25. The highest BCUT2D eigenvalue weighted by molar-refractivity contribution is 7.92. The Bertz CT molecular complexity index is 362. The van der Waals surface area contributed by atoms with Crippen molar-refractivity contribution in [2.75, 3.05) is 13.6 Å².